The lowest BCUT2D eigenvalue weighted by Gasteiger charge is -2.16. The number of unbranched alkanes of at least 4 members (excludes halogenated alkanes) is 1. The number of nitrogens with two attached hydrogens (primary N) is 1. The summed E-state index contributed by atoms with van der Waals surface area (Å²) in [6.45, 7) is 0.585. The normalized spacial score (nSPS) is 10.2. The molecule has 126 valence electrons. The van der Waals surface area contributed by atoms with Crippen LogP contribution in [0.3, 0.4) is 0 Å². The average Bonchev–Trinajstić information content (AvgIpc) is 2.61. The summed E-state index contributed by atoms with van der Waals surface area (Å²) in [5.41, 5.74) is 7.45. The number of aryl methyl sites for hydroxylation is 1. The Morgan fingerprint density at radius 3 is 2.29 bits per heavy atom. The van der Waals surface area contributed by atoms with Crippen molar-refractivity contribution in [1.29, 1.82) is 0 Å². The second-order valence-corrected chi connectivity index (χ2v) is 5.80. The van der Waals surface area contributed by atoms with E-state index in [1.54, 1.807) is 24.3 Å². The Kier molecular flexibility index (Phi) is 6.69. The van der Waals surface area contributed by atoms with Crippen molar-refractivity contribution in [2.75, 3.05) is 10.8 Å². The van der Waals surface area contributed by atoms with Crippen LogP contribution >= 0.6 is 12.8 Å². The van der Waals surface area contributed by atoms with Crippen molar-refractivity contribution in [2.45, 2.75) is 19.3 Å². The number of hydrogen-bond donors (Lipinski definition) is 3. The zero-order valence-electron chi connectivity index (χ0n) is 13.3. The van der Waals surface area contributed by atoms with Crippen LogP contribution in [0.4, 0.5) is 10.5 Å². The topological polar surface area (TPSA) is 75.4 Å². The fraction of sp³-hybridized carbons (Fsp3) is 0.222. The maximum atomic E-state index is 12.0. The van der Waals surface area contributed by atoms with Crippen LogP contribution in [-0.2, 0) is 6.42 Å². The molecule has 0 aliphatic heterocycles. The zero-order valence-corrected chi connectivity index (χ0v) is 14.2. The average molecular weight is 343 g/mol. The third-order valence-electron chi connectivity index (χ3n) is 3.60. The predicted octanol–water partition coefficient (Wildman–Crippen LogP) is 3.17. The molecular weight excluding hydrogens is 322 g/mol. The second kappa shape index (κ2) is 8.98. The Bertz CT molecular complexity index is 674. The van der Waals surface area contributed by atoms with E-state index in [-0.39, 0.29) is 6.03 Å². The maximum Gasteiger partial charge on any atom is 0.331 e. The van der Waals surface area contributed by atoms with Crippen LogP contribution in [0.2, 0.25) is 0 Å². The van der Waals surface area contributed by atoms with E-state index in [1.165, 1.54) is 9.87 Å². The highest BCUT2D eigenvalue weighted by molar-refractivity contribution is 7.82. The summed E-state index contributed by atoms with van der Waals surface area (Å²) < 4.78 is 1.21. The van der Waals surface area contributed by atoms with Crippen molar-refractivity contribution in [3.05, 3.63) is 65.7 Å². The first-order valence-corrected chi connectivity index (χ1v) is 8.18. The lowest BCUT2D eigenvalue weighted by atomic mass is 10.1. The summed E-state index contributed by atoms with van der Waals surface area (Å²) in [4.78, 5) is 23.1. The molecule has 2 aromatic carbocycles. The molecule has 0 saturated heterocycles. The SMILES string of the molecule is NC(=O)c1ccc(N(S)C(=O)NCCCCc2ccccc2)cc1. The monoisotopic (exact) mass is 343 g/mol. The zero-order chi connectivity index (χ0) is 17.4. The molecule has 0 fully saturated rings. The first kappa shape index (κ1) is 17.9. The molecule has 0 aromatic heterocycles. The summed E-state index contributed by atoms with van der Waals surface area (Å²) in [7, 11) is 0. The van der Waals surface area contributed by atoms with Crippen LogP contribution in [0.15, 0.2) is 54.6 Å². The lowest BCUT2D eigenvalue weighted by molar-refractivity contribution is 0.100. The standard InChI is InChI=1S/C18H21N3O2S/c19-17(22)15-9-11-16(12-10-15)21(24)18(23)20-13-5-4-8-14-6-2-1-3-7-14/h1-3,6-7,9-12,24H,4-5,8,13H2,(H2,19,22)(H,20,23). The molecule has 0 aliphatic carbocycles. The molecule has 5 nitrogen and oxygen atoms in total. The van der Waals surface area contributed by atoms with Gasteiger partial charge in [-0.25, -0.2) is 9.10 Å². The van der Waals surface area contributed by atoms with Gasteiger partial charge in [0, 0.05) is 12.1 Å². The molecule has 3 amide bonds. The van der Waals surface area contributed by atoms with Gasteiger partial charge in [0.1, 0.15) is 0 Å². The molecular formula is C18H21N3O2S. The van der Waals surface area contributed by atoms with Crippen LogP contribution < -0.4 is 15.4 Å². The van der Waals surface area contributed by atoms with Crippen LogP contribution in [0.1, 0.15) is 28.8 Å². The predicted molar refractivity (Wildman–Crippen MR) is 99.2 cm³/mol. The molecule has 0 radical (unpaired) electrons. The number of urea groups is 1. The molecule has 0 aliphatic rings. The minimum Gasteiger partial charge on any atom is -0.366 e. The summed E-state index contributed by atoms with van der Waals surface area (Å²) in [6, 6.07) is 16.3. The van der Waals surface area contributed by atoms with E-state index < -0.39 is 5.91 Å². The van der Waals surface area contributed by atoms with Gasteiger partial charge in [0.05, 0.1) is 5.69 Å². The summed E-state index contributed by atoms with van der Waals surface area (Å²) in [5, 5.41) is 2.82. The molecule has 3 N–H and O–H groups in total. The number of hydrogen-bond acceptors (Lipinski definition) is 3. The molecule has 6 heteroatoms. The number of rotatable bonds is 7. The first-order chi connectivity index (χ1) is 11.6. The molecule has 0 bridgehead atoms. The van der Waals surface area contributed by atoms with Crippen LogP contribution in [-0.4, -0.2) is 18.5 Å². The number of thiol groups is 1. The highest BCUT2D eigenvalue weighted by atomic mass is 32.1. The third kappa shape index (κ3) is 5.31. The molecule has 0 unspecified atom stereocenters. The third-order valence-corrected chi connectivity index (χ3v) is 4.01. The van der Waals surface area contributed by atoms with Crippen molar-refractivity contribution in [1.82, 2.24) is 5.32 Å². The lowest BCUT2D eigenvalue weighted by Crippen LogP contribution is -2.34. The number of primary amides is 1. The maximum absolute atomic E-state index is 12.0. The number of amides is 3. The van der Waals surface area contributed by atoms with Gasteiger partial charge in [0.25, 0.3) is 0 Å². The summed E-state index contributed by atoms with van der Waals surface area (Å²) in [6.07, 6.45) is 2.89. The number of anilines is 1. The van der Waals surface area contributed by atoms with Gasteiger partial charge in [-0.1, -0.05) is 43.1 Å². The minimum atomic E-state index is -0.505. The van der Waals surface area contributed by atoms with E-state index in [9.17, 15) is 9.59 Å². The fourth-order valence-corrected chi connectivity index (χ4v) is 2.46. The van der Waals surface area contributed by atoms with E-state index in [0.29, 0.717) is 17.8 Å². The molecule has 0 saturated carbocycles. The number of nitrogens with zero attached hydrogens (tertiary/aromatic N) is 1. The Morgan fingerprint density at radius 1 is 1.00 bits per heavy atom. The fourth-order valence-electron chi connectivity index (χ4n) is 2.25. The van der Waals surface area contributed by atoms with Gasteiger partial charge in [-0.05, 0) is 49.1 Å². The molecule has 0 atom stereocenters. The Labute approximate surface area is 147 Å². The van der Waals surface area contributed by atoms with Gasteiger partial charge < -0.3 is 11.1 Å². The Hall–Kier alpha value is -2.47. The Balaban J connectivity index is 1.72. The van der Waals surface area contributed by atoms with Gasteiger partial charge in [-0.3, -0.25) is 4.79 Å². The highest BCUT2D eigenvalue weighted by Gasteiger charge is 2.11. The highest BCUT2D eigenvalue weighted by Crippen LogP contribution is 2.17. The van der Waals surface area contributed by atoms with Gasteiger partial charge in [0.2, 0.25) is 5.91 Å². The van der Waals surface area contributed by atoms with Crippen LogP contribution in [0.5, 0.6) is 0 Å². The molecule has 24 heavy (non-hydrogen) atoms. The van der Waals surface area contributed by atoms with E-state index in [1.807, 2.05) is 18.2 Å². The number of benzene rings is 2. The Morgan fingerprint density at radius 2 is 1.67 bits per heavy atom. The molecule has 2 aromatic rings. The quantitative estimate of drug-likeness (QED) is 0.533. The van der Waals surface area contributed by atoms with E-state index in [2.05, 4.69) is 30.3 Å². The number of carbonyl (C=O) groups excluding carboxylic acids is 2. The molecule has 2 rings (SSSR count). The van der Waals surface area contributed by atoms with E-state index >= 15 is 0 Å². The van der Waals surface area contributed by atoms with Crippen LogP contribution in [0.25, 0.3) is 0 Å². The summed E-state index contributed by atoms with van der Waals surface area (Å²) in [5.74, 6) is -0.505. The second-order valence-electron chi connectivity index (χ2n) is 5.40. The first-order valence-electron chi connectivity index (χ1n) is 7.78. The van der Waals surface area contributed by atoms with Crippen molar-refractivity contribution in [3.8, 4) is 0 Å². The van der Waals surface area contributed by atoms with Gasteiger partial charge in [-0.15, -0.1) is 0 Å². The van der Waals surface area contributed by atoms with Gasteiger partial charge in [-0.2, -0.15) is 0 Å². The number of nitrogens with one attached hydrogen (secondary N) is 1. The number of carbonyl (C=O) groups is 2. The van der Waals surface area contributed by atoms with Crippen molar-refractivity contribution in [3.63, 3.8) is 0 Å². The largest absolute Gasteiger partial charge is 0.366 e. The summed E-state index contributed by atoms with van der Waals surface area (Å²) >= 11 is 4.19. The van der Waals surface area contributed by atoms with Gasteiger partial charge >= 0.3 is 6.03 Å². The van der Waals surface area contributed by atoms with E-state index in [4.69, 9.17) is 5.73 Å². The van der Waals surface area contributed by atoms with E-state index in [0.717, 1.165) is 19.3 Å². The van der Waals surface area contributed by atoms with Crippen molar-refractivity contribution < 1.29 is 9.59 Å². The molecule has 0 spiro atoms. The van der Waals surface area contributed by atoms with Gasteiger partial charge in [0.15, 0.2) is 0 Å². The molecule has 0 heterocycles. The van der Waals surface area contributed by atoms with Crippen molar-refractivity contribution in [2.24, 2.45) is 5.73 Å². The smallest absolute Gasteiger partial charge is 0.331 e. The van der Waals surface area contributed by atoms with Crippen LogP contribution in [0, 0.1) is 0 Å². The minimum absolute atomic E-state index is 0.301. The van der Waals surface area contributed by atoms with Crippen molar-refractivity contribution >= 4 is 30.4 Å².